The van der Waals surface area contributed by atoms with Crippen molar-refractivity contribution in [1.29, 1.82) is 0 Å². The zero-order valence-corrected chi connectivity index (χ0v) is 13.3. The maximum atomic E-state index is 12.3. The predicted octanol–water partition coefficient (Wildman–Crippen LogP) is 3.26. The quantitative estimate of drug-likeness (QED) is 0.897. The van der Waals surface area contributed by atoms with Gasteiger partial charge in [0.2, 0.25) is 5.91 Å². The van der Waals surface area contributed by atoms with E-state index in [0.29, 0.717) is 10.8 Å². The van der Waals surface area contributed by atoms with Crippen LogP contribution in [0.5, 0.6) is 0 Å². The Kier molecular flexibility index (Phi) is 4.02. The molecule has 2 saturated carbocycles. The first-order chi connectivity index (χ1) is 10.0. The normalized spacial score (nSPS) is 28.4. The number of hydrogen-bond donors (Lipinski definition) is 2. The van der Waals surface area contributed by atoms with Crippen LogP contribution in [0.1, 0.15) is 49.2 Å². The summed E-state index contributed by atoms with van der Waals surface area (Å²) < 4.78 is 0. The summed E-state index contributed by atoms with van der Waals surface area (Å²) in [5.74, 6) is 2.21. The van der Waals surface area contributed by atoms with Gasteiger partial charge in [0, 0.05) is 13.0 Å². The molecule has 2 bridgehead atoms. The zero-order valence-electron chi connectivity index (χ0n) is 12.5. The van der Waals surface area contributed by atoms with Crippen molar-refractivity contribution in [3.8, 4) is 0 Å². The number of hydrogen-bond acceptors (Lipinski definition) is 3. The molecule has 1 heterocycles. The second-order valence-corrected chi connectivity index (χ2v) is 7.53. The predicted molar refractivity (Wildman–Crippen MR) is 84.5 cm³/mol. The standard InChI is InChI=1S/C16H22N2O2S/c1-9(13-8-11-3-4-12(13)7-11)17-16(20)14-5-6-15(21-14)18-10(2)19/h5-6,9,11-13H,3-4,7-8H2,1-2H3,(H,17,20)(H,18,19)/t9-,11+,12+,13-/m1/s1. The number of carbonyl (C=O) groups is 2. The number of rotatable bonds is 4. The second kappa shape index (κ2) is 5.79. The van der Waals surface area contributed by atoms with Gasteiger partial charge in [0.05, 0.1) is 9.88 Å². The Bertz CT molecular complexity index is 554. The molecule has 4 nitrogen and oxygen atoms in total. The minimum Gasteiger partial charge on any atom is -0.349 e. The minimum atomic E-state index is -0.112. The molecule has 0 saturated heterocycles. The summed E-state index contributed by atoms with van der Waals surface area (Å²) in [7, 11) is 0. The highest BCUT2D eigenvalue weighted by molar-refractivity contribution is 7.18. The lowest BCUT2D eigenvalue weighted by Crippen LogP contribution is -2.39. The summed E-state index contributed by atoms with van der Waals surface area (Å²) in [5.41, 5.74) is 0. The van der Waals surface area contributed by atoms with Gasteiger partial charge in [-0.25, -0.2) is 0 Å². The number of carbonyl (C=O) groups excluding carboxylic acids is 2. The van der Waals surface area contributed by atoms with Gasteiger partial charge in [-0.2, -0.15) is 0 Å². The molecule has 2 fully saturated rings. The highest BCUT2D eigenvalue weighted by Crippen LogP contribution is 2.49. The molecular weight excluding hydrogens is 284 g/mol. The fourth-order valence-electron chi connectivity index (χ4n) is 3.99. The Labute approximate surface area is 129 Å². The van der Waals surface area contributed by atoms with E-state index in [2.05, 4.69) is 17.6 Å². The Morgan fingerprint density at radius 1 is 1.29 bits per heavy atom. The van der Waals surface area contributed by atoms with Crippen LogP contribution < -0.4 is 10.6 Å². The molecule has 21 heavy (non-hydrogen) atoms. The minimum absolute atomic E-state index is 0.0214. The molecule has 4 atom stereocenters. The van der Waals surface area contributed by atoms with Crippen LogP contribution in [0.2, 0.25) is 0 Å². The average Bonchev–Trinajstić information content (AvgIpc) is 3.12. The summed E-state index contributed by atoms with van der Waals surface area (Å²) in [6.07, 6.45) is 5.35. The molecule has 0 radical (unpaired) electrons. The summed E-state index contributed by atoms with van der Waals surface area (Å²) in [6, 6.07) is 3.79. The first-order valence-electron chi connectivity index (χ1n) is 7.71. The molecule has 1 aromatic heterocycles. The van der Waals surface area contributed by atoms with E-state index in [4.69, 9.17) is 0 Å². The monoisotopic (exact) mass is 306 g/mol. The molecule has 0 spiro atoms. The van der Waals surface area contributed by atoms with Gasteiger partial charge < -0.3 is 10.6 Å². The van der Waals surface area contributed by atoms with E-state index in [1.807, 2.05) is 0 Å². The van der Waals surface area contributed by atoms with Gasteiger partial charge in [0.25, 0.3) is 5.91 Å². The molecule has 2 amide bonds. The van der Waals surface area contributed by atoms with Gasteiger partial charge >= 0.3 is 0 Å². The maximum Gasteiger partial charge on any atom is 0.261 e. The molecule has 2 aliphatic carbocycles. The van der Waals surface area contributed by atoms with Crippen molar-refractivity contribution in [3.63, 3.8) is 0 Å². The topological polar surface area (TPSA) is 58.2 Å². The van der Waals surface area contributed by atoms with Gasteiger partial charge in [-0.3, -0.25) is 9.59 Å². The van der Waals surface area contributed by atoms with Crippen LogP contribution in [-0.2, 0) is 4.79 Å². The number of fused-ring (bicyclic) bond motifs is 2. The van der Waals surface area contributed by atoms with Gasteiger partial charge in [-0.05, 0) is 56.1 Å². The van der Waals surface area contributed by atoms with Crippen LogP contribution in [0.4, 0.5) is 5.00 Å². The van der Waals surface area contributed by atoms with Crippen molar-refractivity contribution in [2.45, 2.75) is 45.6 Å². The van der Waals surface area contributed by atoms with E-state index in [1.165, 1.54) is 43.9 Å². The first kappa shape index (κ1) is 14.6. The molecule has 3 rings (SSSR count). The molecule has 2 aliphatic rings. The average molecular weight is 306 g/mol. The lowest BCUT2D eigenvalue weighted by molar-refractivity contribution is -0.114. The molecule has 2 N–H and O–H groups in total. The summed E-state index contributed by atoms with van der Waals surface area (Å²) in [6.45, 7) is 3.60. The van der Waals surface area contributed by atoms with Gasteiger partial charge in [-0.15, -0.1) is 11.3 Å². The number of nitrogens with one attached hydrogen (secondary N) is 2. The number of amides is 2. The van der Waals surface area contributed by atoms with Gasteiger partial charge in [0.1, 0.15) is 0 Å². The van der Waals surface area contributed by atoms with Crippen LogP contribution >= 0.6 is 11.3 Å². The van der Waals surface area contributed by atoms with Crippen LogP contribution in [0.3, 0.4) is 0 Å². The largest absolute Gasteiger partial charge is 0.349 e. The van der Waals surface area contributed by atoms with Crippen LogP contribution in [-0.4, -0.2) is 17.9 Å². The molecule has 1 aromatic rings. The van der Waals surface area contributed by atoms with E-state index >= 15 is 0 Å². The van der Waals surface area contributed by atoms with Gasteiger partial charge in [-0.1, -0.05) is 6.42 Å². The Balaban J connectivity index is 1.58. The lowest BCUT2D eigenvalue weighted by Gasteiger charge is -2.28. The van der Waals surface area contributed by atoms with Crippen molar-refractivity contribution in [2.75, 3.05) is 5.32 Å². The third-order valence-electron chi connectivity index (χ3n) is 4.92. The number of thiophene rings is 1. The fourth-order valence-corrected chi connectivity index (χ4v) is 4.85. The maximum absolute atomic E-state index is 12.3. The smallest absolute Gasteiger partial charge is 0.261 e. The Morgan fingerprint density at radius 3 is 2.71 bits per heavy atom. The van der Waals surface area contributed by atoms with E-state index in [0.717, 1.165) is 16.8 Å². The highest BCUT2D eigenvalue weighted by atomic mass is 32.1. The Morgan fingerprint density at radius 2 is 2.10 bits per heavy atom. The van der Waals surface area contributed by atoms with E-state index < -0.39 is 0 Å². The zero-order chi connectivity index (χ0) is 15.0. The van der Waals surface area contributed by atoms with Crippen molar-refractivity contribution in [2.24, 2.45) is 17.8 Å². The molecular formula is C16H22N2O2S. The van der Waals surface area contributed by atoms with Crippen molar-refractivity contribution < 1.29 is 9.59 Å². The van der Waals surface area contributed by atoms with Crippen LogP contribution in [0, 0.1) is 17.8 Å². The second-order valence-electron chi connectivity index (χ2n) is 6.45. The molecule has 0 unspecified atom stereocenters. The third kappa shape index (κ3) is 3.12. The number of anilines is 1. The highest BCUT2D eigenvalue weighted by Gasteiger charge is 2.42. The van der Waals surface area contributed by atoms with Crippen LogP contribution in [0.15, 0.2) is 12.1 Å². The first-order valence-corrected chi connectivity index (χ1v) is 8.53. The molecule has 114 valence electrons. The summed E-state index contributed by atoms with van der Waals surface area (Å²) in [5, 5.41) is 6.58. The third-order valence-corrected chi connectivity index (χ3v) is 5.92. The van der Waals surface area contributed by atoms with Crippen LogP contribution in [0.25, 0.3) is 0 Å². The summed E-state index contributed by atoms with van der Waals surface area (Å²) >= 11 is 1.33. The van der Waals surface area contributed by atoms with Gasteiger partial charge in [0.15, 0.2) is 0 Å². The Hall–Kier alpha value is -1.36. The van der Waals surface area contributed by atoms with Crippen molar-refractivity contribution in [3.05, 3.63) is 17.0 Å². The molecule has 0 aliphatic heterocycles. The summed E-state index contributed by atoms with van der Waals surface area (Å²) in [4.78, 5) is 24.0. The van der Waals surface area contributed by atoms with E-state index in [9.17, 15) is 9.59 Å². The lowest BCUT2D eigenvalue weighted by atomic mass is 9.84. The van der Waals surface area contributed by atoms with E-state index in [1.54, 1.807) is 12.1 Å². The molecule has 0 aromatic carbocycles. The van der Waals surface area contributed by atoms with Crippen molar-refractivity contribution in [1.82, 2.24) is 5.32 Å². The molecule has 5 heteroatoms. The van der Waals surface area contributed by atoms with Crippen molar-refractivity contribution >= 4 is 28.2 Å². The SMILES string of the molecule is CC(=O)Nc1ccc(C(=O)N[C@H](C)[C@H]2C[C@H]3CC[C@H]2C3)s1. The fraction of sp³-hybridized carbons (Fsp3) is 0.625. The van der Waals surface area contributed by atoms with E-state index in [-0.39, 0.29) is 17.9 Å².